The van der Waals surface area contributed by atoms with Gasteiger partial charge in [0, 0.05) is 48.6 Å². The minimum atomic E-state index is 0. The molecule has 1 fully saturated rings. The molecule has 1 saturated carbocycles. The summed E-state index contributed by atoms with van der Waals surface area (Å²) in [5.41, 5.74) is 0.887. The van der Waals surface area contributed by atoms with Crippen molar-refractivity contribution < 1.29 is 14.3 Å². The number of anilines is 1. The highest BCUT2D eigenvalue weighted by atomic mass is 127. The quantitative estimate of drug-likeness (QED) is 0.182. The summed E-state index contributed by atoms with van der Waals surface area (Å²) in [6.45, 7) is 2.68. The van der Waals surface area contributed by atoms with E-state index in [2.05, 4.69) is 38.5 Å². The number of hydrogen-bond acceptors (Lipinski definition) is 5. The van der Waals surface area contributed by atoms with Gasteiger partial charge in [-0.2, -0.15) is 0 Å². The van der Waals surface area contributed by atoms with Gasteiger partial charge in [-0.05, 0) is 49.3 Å². The molecule has 1 aromatic carbocycles. The molecule has 9 heteroatoms. The molecule has 3 N–H and O–H groups in total. The zero-order chi connectivity index (χ0) is 21.3. The summed E-state index contributed by atoms with van der Waals surface area (Å²) < 4.78 is 11.5. The van der Waals surface area contributed by atoms with Gasteiger partial charge in [0.05, 0.1) is 13.2 Å². The van der Waals surface area contributed by atoms with Crippen LogP contribution in [-0.4, -0.2) is 44.2 Å². The summed E-state index contributed by atoms with van der Waals surface area (Å²) in [7, 11) is 0. The Balaban J connectivity index is 0.00000289. The molecular formula is C23H31IN4O3S. The molecule has 1 aromatic heterocycles. The predicted molar refractivity (Wildman–Crippen MR) is 140 cm³/mol. The lowest BCUT2D eigenvalue weighted by Gasteiger charge is -2.14. The lowest BCUT2D eigenvalue weighted by atomic mass is 10.2. The lowest BCUT2D eigenvalue weighted by Crippen LogP contribution is -2.32. The molecule has 0 radical (unpaired) electrons. The van der Waals surface area contributed by atoms with Crippen molar-refractivity contribution in [1.82, 2.24) is 10.6 Å². The van der Waals surface area contributed by atoms with E-state index in [9.17, 15) is 4.79 Å². The van der Waals surface area contributed by atoms with Crippen LogP contribution in [0.25, 0.3) is 0 Å². The van der Waals surface area contributed by atoms with Gasteiger partial charge in [0.2, 0.25) is 5.91 Å². The van der Waals surface area contributed by atoms with Crippen LogP contribution in [0.2, 0.25) is 0 Å². The predicted octanol–water partition coefficient (Wildman–Crippen LogP) is 4.19. The SMILES string of the molecule is I.O=C(CCCN=C(NCCc1cccs1)Nc1ccc2c(c1)OCCCO2)NC1CC1. The molecule has 2 heterocycles. The summed E-state index contributed by atoms with van der Waals surface area (Å²) in [4.78, 5) is 17.9. The van der Waals surface area contributed by atoms with Crippen molar-refractivity contribution in [2.75, 3.05) is 31.6 Å². The highest BCUT2D eigenvalue weighted by molar-refractivity contribution is 14.0. The Labute approximate surface area is 210 Å². The average Bonchev–Trinajstić information content (AvgIpc) is 3.48. The molecular weight excluding hydrogens is 539 g/mol. The van der Waals surface area contributed by atoms with Crippen molar-refractivity contribution in [2.45, 2.75) is 44.6 Å². The number of halogens is 1. The molecule has 0 saturated heterocycles. The number of ether oxygens (including phenoxy) is 2. The molecule has 32 heavy (non-hydrogen) atoms. The van der Waals surface area contributed by atoms with E-state index in [1.165, 1.54) is 4.88 Å². The van der Waals surface area contributed by atoms with Gasteiger partial charge in [-0.15, -0.1) is 35.3 Å². The topological polar surface area (TPSA) is 84.0 Å². The number of fused-ring (bicyclic) bond motifs is 1. The van der Waals surface area contributed by atoms with Crippen molar-refractivity contribution in [2.24, 2.45) is 4.99 Å². The summed E-state index contributed by atoms with van der Waals surface area (Å²) >= 11 is 1.76. The van der Waals surface area contributed by atoms with E-state index in [4.69, 9.17) is 9.47 Å². The monoisotopic (exact) mass is 570 g/mol. The maximum absolute atomic E-state index is 11.9. The molecule has 174 valence electrons. The van der Waals surface area contributed by atoms with Crippen LogP contribution in [-0.2, 0) is 11.2 Å². The van der Waals surface area contributed by atoms with E-state index in [0.717, 1.165) is 55.8 Å². The number of amides is 1. The molecule has 2 aromatic rings. The Morgan fingerprint density at radius 3 is 2.78 bits per heavy atom. The van der Waals surface area contributed by atoms with Crippen LogP contribution in [0.3, 0.4) is 0 Å². The number of aliphatic imine (C=N–C) groups is 1. The molecule has 2 aliphatic rings. The number of carbonyl (C=O) groups is 1. The molecule has 1 amide bonds. The molecule has 4 rings (SSSR count). The third-order valence-electron chi connectivity index (χ3n) is 5.03. The summed E-state index contributed by atoms with van der Waals surface area (Å²) in [5, 5.41) is 11.9. The van der Waals surface area contributed by atoms with E-state index in [-0.39, 0.29) is 29.9 Å². The van der Waals surface area contributed by atoms with Crippen molar-refractivity contribution in [3.63, 3.8) is 0 Å². The number of thiophene rings is 1. The zero-order valence-electron chi connectivity index (χ0n) is 18.1. The van der Waals surface area contributed by atoms with Gasteiger partial charge in [0.15, 0.2) is 17.5 Å². The van der Waals surface area contributed by atoms with E-state index in [1.807, 2.05) is 18.2 Å². The minimum Gasteiger partial charge on any atom is -0.490 e. The average molecular weight is 570 g/mol. The van der Waals surface area contributed by atoms with Gasteiger partial charge < -0.3 is 25.4 Å². The molecule has 7 nitrogen and oxygen atoms in total. The van der Waals surface area contributed by atoms with Gasteiger partial charge in [-0.25, -0.2) is 0 Å². The number of hydrogen-bond donors (Lipinski definition) is 3. The number of rotatable bonds is 9. The Morgan fingerprint density at radius 2 is 2.00 bits per heavy atom. The standard InChI is InChI=1S/C23H30N4O3S.HI/c28-22(26-17-6-7-17)5-1-11-24-23(25-12-10-19-4-2-15-31-19)27-18-8-9-20-21(16-18)30-14-3-13-29-20;/h2,4,8-9,15-17H,1,3,5-7,10-14H2,(H,26,28)(H2,24,25,27);1H. The fraction of sp³-hybridized carbons (Fsp3) is 0.478. The number of nitrogens with zero attached hydrogens (tertiary/aromatic N) is 1. The van der Waals surface area contributed by atoms with E-state index in [1.54, 1.807) is 11.3 Å². The van der Waals surface area contributed by atoms with Crippen LogP contribution >= 0.6 is 35.3 Å². The van der Waals surface area contributed by atoms with Crippen LogP contribution in [0.15, 0.2) is 40.7 Å². The van der Waals surface area contributed by atoms with Crippen molar-refractivity contribution in [1.29, 1.82) is 0 Å². The Hall–Kier alpha value is -2.01. The van der Waals surface area contributed by atoms with Gasteiger partial charge in [0.25, 0.3) is 0 Å². The van der Waals surface area contributed by atoms with Crippen molar-refractivity contribution in [3.8, 4) is 11.5 Å². The smallest absolute Gasteiger partial charge is 0.220 e. The molecule has 0 atom stereocenters. The Morgan fingerprint density at radius 1 is 1.16 bits per heavy atom. The molecule has 0 bridgehead atoms. The maximum atomic E-state index is 11.9. The second-order valence-corrected chi connectivity index (χ2v) is 8.80. The van der Waals surface area contributed by atoms with Crippen LogP contribution in [0.4, 0.5) is 5.69 Å². The van der Waals surface area contributed by atoms with Gasteiger partial charge >= 0.3 is 0 Å². The molecule has 1 aliphatic heterocycles. The first-order valence-electron chi connectivity index (χ1n) is 11.0. The lowest BCUT2D eigenvalue weighted by molar-refractivity contribution is -0.121. The highest BCUT2D eigenvalue weighted by Gasteiger charge is 2.22. The van der Waals surface area contributed by atoms with Gasteiger partial charge in [0.1, 0.15) is 0 Å². The number of carbonyl (C=O) groups excluding carboxylic acids is 1. The van der Waals surface area contributed by atoms with Gasteiger partial charge in [-0.1, -0.05) is 6.07 Å². The largest absolute Gasteiger partial charge is 0.490 e. The van der Waals surface area contributed by atoms with Crippen LogP contribution in [0, 0.1) is 0 Å². The Bertz CT molecular complexity index is 887. The first kappa shape index (κ1) is 24.6. The Kier molecular flexibility index (Phi) is 9.91. The zero-order valence-corrected chi connectivity index (χ0v) is 21.2. The van der Waals surface area contributed by atoms with Crippen LogP contribution in [0.1, 0.15) is 37.0 Å². The molecule has 1 aliphatic carbocycles. The third kappa shape index (κ3) is 8.16. The third-order valence-corrected chi connectivity index (χ3v) is 5.96. The second kappa shape index (κ2) is 12.9. The number of guanidine groups is 1. The normalized spacial score (nSPS) is 15.3. The maximum Gasteiger partial charge on any atom is 0.220 e. The summed E-state index contributed by atoms with van der Waals surface area (Å²) in [6, 6.07) is 10.4. The van der Waals surface area contributed by atoms with E-state index < -0.39 is 0 Å². The van der Waals surface area contributed by atoms with Crippen LogP contribution in [0.5, 0.6) is 11.5 Å². The fourth-order valence-electron chi connectivity index (χ4n) is 3.23. The van der Waals surface area contributed by atoms with Crippen LogP contribution < -0.4 is 25.4 Å². The van der Waals surface area contributed by atoms with Gasteiger partial charge in [-0.3, -0.25) is 9.79 Å². The highest BCUT2D eigenvalue weighted by Crippen LogP contribution is 2.32. The summed E-state index contributed by atoms with van der Waals surface area (Å²) in [5.74, 6) is 2.35. The van der Waals surface area contributed by atoms with Crippen molar-refractivity contribution >= 4 is 52.9 Å². The summed E-state index contributed by atoms with van der Waals surface area (Å²) in [6.07, 6.45) is 5.26. The van der Waals surface area contributed by atoms with Crippen molar-refractivity contribution in [3.05, 3.63) is 40.6 Å². The minimum absolute atomic E-state index is 0. The van der Waals surface area contributed by atoms with E-state index in [0.29, 0.717) is 38.2 Å². The van der Waals surface area contributed by atoms with E-state index >= 15 is 0 Å². The number of benzene rings is 1. The first-order valence-corrected chi connectivity index (χ1v) is 11.9. The molecule has 0 spiro atoms. The molecule has 0 unspecified atom stereocenters. The fourth-order valence-corrected chi connectivity index (χ4v) is 3.94. The number of nitrogens with one attached hydrogen (secondary N) is 3. The second-order valence-electron chi connectivity index (χ2n) is 7.77. The first-order chi connectivity index (χ1) is 15.3.